The fraction of sp³-hybridized carbons (Fsp3) is 0.231. The van der Waals surface area contributed by atoms with Crippen molar-refractivity contribution in [3.63, 3.8) is 0 Å². The van der Waals surface area contributed by atoms with E-state index in [9.17, 15) is 0 Å². The van der Waals surface area contributed by atoms with Crippen molar-refractivity contribution in [2.75, 3.05) is 0 Å². The van der Waals surface area contributed by atoms with Gasteiger partial charge < -0.3 is 0 Å². The van der Waals surface area contributed by atoms with Crippen LogP contribution in [0.1, 0.15) is 18.9 Å². The molecule has 0 fully saturated rings. The number of hydrogen-bond acceptors (Lipinski definition) is 0. The third-order valence-corrected chi connectivity index (χ3v) is 3.92. The number of benzene rings is 1. The zero-order valence-corrected chi connectivity index (χ0v) is 10.8. The van der Waals surface area contributed by atoms with Crippen LogP contribution in [0.15, 0.2) is 50.8 Å². The summed E-state index contributed by atoms with van der Waals surface area (Å²) < 4.78 is 1.62. The Morgan fingerprint density at radius 1 is 1.21 bits per heavy atom. The van der Waals surface area contributed by atoms with Gasteiger partial charge in [0.15, 0.2) is 0 Å². The molecule has 0 N–H and O–H groups in total. The van der Waals surface area contributed by atoms with Crippen molar-refractivity contribution in [3.8, 4) is 0 Å². The molecule has 1 aliphatic carbocycles. The summed E-state index contributed by atoms with van der Waals surface area (Å²) in [6, 6.07) is 10.7. The van der Waals surface area contributed by atoms with E-state index in [1.165, 1.54) is 17.6 Å². The second-order valence-corrected chi connectivity index (χ2v) is 5.19. The van der Waals surface area contributed by atoms with Gasteiger partial charge in [0.1, 0.15) is 0 Å². The standard InChI is InChI=1S/C13H13.Zr/c1-11-6-5-9-13(11)10-12-7-3-2-4-8-12;/h2-4,6-8H,5,10H2,1H3;. The van der Waals surface area contributed by atoms with Crippen LogP contribution in [0, 0.1) is 0 Å². The normalized spacial score (nSPS) is 15.9. The van der Waals surface area contributed by atoms with Gasteiger partial charge in [-0.05, 0) is 0 Å². The van der Waals surface area contributed by atoms with Crippen LogP contribution in [0.3, 0.4) is 0 Å². The minimum atomic E-state index is 1.11. The Morgan fingerprint density at radius 2 is 1.93 bits per heavy atom. The van der Waals surface area contributed by atoms with Gasteiger partial charge in [-0.2, -0.15) is 0 Å². The summed E-state index contributed by atoms with van der Waals surface area (Å²) in [6.45, 7) is 2.23. The van der Waals surface area contributed by atoms with Crippen molar-refractivity contribution < 1.29 is 24.7 Å². The van der Waals surface area contributed by atoms with E-state index in [4.69, 9.17) is 0 Å². The third kappa shape index (κ3) is 2.15. The molecule has 14 heavy (non-hydrogen) atoms. The first-order valence-corrected chi connectivity index (χ1v) is 6.15. The SMILES string of the molecule is CC1=CC[C]([Zr])=C1Cc1ccccc1. The van der Waals surface area contributed by atoms with Crippen molar-refractivity contribution in [1.29, 1.82) is 0 Å². The van der Waals surface area contributed by atoms with Crippen LogP contribution in [0.25, 0.3) is 0 Å². The van der Waals surface area contributed by atoms with Crippen LogP contribution in [-0.4, -0.2) is 0 Å². The quantitative estimate of drug-likeness (QED) is 0.765. The molecule has 0 saturated carbocycles. The summed E-state index contributed by atoms with van der Waals surface area (Å²) in [5, 5.41) is 0. The Bertz CT molecular complexity index is 385. The average molecular weight is 260 g/mol. The predicted molar refractivity (Wildman–Crippen MR) is 55.5 cm³/mol. The van der Waals surface area contributed by atoms with Gasteiger partial charge in [0.25, 0.3) is 0 Å². The van der Waals surface area contributed by atoms with Gasteiger partial charge in [-0.3, -0.25) is 0 Å². The molecular weight excluding hydrogens is 247 g/mol. The van der Waals surface area contributed by atoms with E-state index in [2.05, 4.69) is 43.3 Å². The zero-order chi connectivity index (χ0) is 9.97. The Kier molecular flexibility index (Phi) is 3.18. The fourth-order valence-corrected chi connectivity index (χ4v) is 2.74. The van der Waals surface area contributed by atoms with Gasteiger partial charge in [0, 0.05) is 0 Å². The molecule has 0 heterocycles. The molecule has 2 rings (SSSR count). The molecule has 0 bridgehead atoms. The van der Waals surface area contributed by atoms with E-state index in [0.29, 0.717) is 0 Å². The number of allylic oxidation sites excluding steroid dienone is 4. The van der Waals surface area contributed by atoms with Gasteiger partial charge in [-0.15, -0.1) is 0 Å². The average Bonchev–Trinajstić information content (AvgIpc) is 2.51. The third-order valence-electron chi connectivity index (χ3n) is 2.68. The number of rotatable bonds is 2. The monoisotopic (exact) mass is 259 g/mol. The van der Waals surface area contributed by atoms with Crippen LogP contribution < -0.4 is 0 Å². The van der Waals surface area contributed by atoms with Crippen LogP contribution in [-0.2, 0) is 31.1 Å². The summed E-state index contributed by atoms with van der Waals surface area (Å²) in [4.78, 5) is 0. The van der Waals surface area contributed by atoms with E-state index in [-0.39, 0.29) is 0 Å². The molecular formula is C13H13Zr. The first-order chi connectivity index (χ1) is 6.77. The number of hydrogen-bond donors (Lipinski definition) is 0. The van der Waals surface area contributed by atoms with Crippen molar-refractivity contribution in [2.24, 2.45) is 0 Å². The van der Waals surface area contributed by atoms with Crippen LogP contribution >= 0.6 is 0 Å². The first kappa shape index (κ1) is 10.1. The van der Waals surface area contributed by atoms with Gasteiger partial charge >= 0.3 is 101 Å². The maximum absolute atomic E-state index is 2.35. The summed E-state index contributed by atoms with van der Waals surface area (Å²) in [5.74, 6) is 0. The second kappa shape index (κ2) is 4.40. The molecule has 0 atom stereocenters. The van der Waals surface area contributed by atoms with E-state index in [1.807, 2.05) is 0 Å². The molecule has 1 aromatic carbocycles. The Morgan fingerprint density at radius 3 is 2.50 bits per heavy atom. The second-order valence-electron chi connectivity index (χ2n) is 3.71. The summed E-state index contributed by atoms with van der Waals surface area (Å²) >= 11 is 1.57. The van der Waals surface area contributed by atoms with E-state index in [0.717, 1.165) is 6.42 Å². The van der Waals surface area contributed by atoms with E-state index >= 15 is 0 Å². The fourth-order valence-electron chi connectivity index (χ4n) is 1.79. The Labute approximate surface area is 101 Å². The molecule has 0 radical (unpaired) electrons. The molecule has 0 saturated heterocycles. The van der Waals surface area contributed by atoms with E-state index < -0.39 is 0 Å². The molecule has 69 valence electrons. The molecule has 0 amide bonds. The minimum absolute atomic E-state index is 1.11. The van der Waals surface area contributed by atoms with Crippen LogP contribution in [0.2, 0.25) is 0 Å². The van der Waals surface area contributed by atoms with Crippen molar-refractivity contribution in [2.45, 2.75) is 19.8 Å². The zero-order valence-electron chi connectivity index (χ0n) is 8.38. The predicted octanol–water partition coefficient (Wildman–Crippen LogP) is 3.38. The first-order valence-electron chi connectivity index (χ1n) is 4.92. The molecule has 1 aromatic rings. The molecule has 0 unspecified atom stereocenters. The molecule has 0 nitrogen and oxygen atoms in total. The Balaban J connectivity index is 2.20. The summed E-state index contributed by atoms with van der Waals surface area (Å²) in [7, 11) is 0. The van der Waals surface area contributed by atoms with Crippen molar-refractivity contribution >= 4 is 0 Å². The van der Waals surface area contributed by atoms with E-state index in [1.54, 1.807) is 33.6 Å². The van der Waals surface area contributed by atoms with Gasteiger partial charge in [-0.25, -0.2) is 0 Å². The molecule has 0 spiro atoms. The molecule has 1 aliphatic rings. The molecule has 0 aromatic heterocycles. The van der Waals surface area contributed by atoms with Crippen LogP contribution in [0.5, 0.6) is 0 Å². The van der Waals surface area contributed by atoms with Crippen LogP contribution in [0.4, 0.5) is 0 Å². The Hall–Kier alpha value is -0.417. The summed E-state index contributed by atoms with van der Waals surface area (Å²) in [6.07, 6.45) is 4.65. The van der Waals surface area contributed by atoms with Gasteiger partial charge in [-0.1, -0.05) is 0 Å². The van der Waals surface area contributed by atoms with Gasteiger partial charge in [0.05, 0.1) is 0 Å². The maximum atomic E-state index is 2.35. The molecule has 1 heteroatoms. The van der Waals surface area contributed by atoms with Crippen molar-refractivity contribution in [1.82, 2.24) is 0 Å². The van der Waals surface area contributed by atoms with Gasteiger partial charge in [0.2, 0.25) is 0 Å². The summed E-state index contributed by atoms with van der Waals surface area (Å²) in [5.41, 5.74) is 4.49. The topological polar surface area (TPSA) is 0 Å². The van der Waals surface area contributed by atoms with Crippen molar-refractivity contribution in [3.05, 3.63) is 56.4 Å². The molecule has 0 aliphatic heterocycles.